The molecule has 0 saturated carbocycles. The van der Waals surface area contributed by atoms with E-state index in [4.69, 9.17) is 20.4 Å². The third kappa shape index (κ3) is 54.9. The van der Waals surface area contributed by atoms with Crippen LogP contribution in [0.25, 0.3) is 0 Å². The van der Waals surface area contributed by atoms with Gasteiger partial charge in [0.15, 0.2) is 0 Å². The maximum Gasteiger partial charge on any atom is 0.264 e. The smallest absolute Gasteiger partial charge is 0.264 e. The second kappa shape index (κ2) is 40.9. The van der Waals surface area contributed by atoms with Crippen LogP contribution in [0.15, 0.2) is 0 Å². The Bertz CT molecular complexity index is 695. The predicted octanol–water partition coefficient (Wildman–Crippen LogP) is 1.61. The fourth-order valence-electron chi connectivity index (χ4n) is 3.09. The van der Waals surface area contributed by atoms with Crippen molar-refractivity contribution >= 4 is 10.1 Å². The van der Waals surface area contributed by atoms with E-state index in [1.165, 1.54) is 0 Å². The molecule has 0 aliphatic carbocycles. The summed E-state index contributed by atoms with van der Waals surface area (Å²) in [7, 11) is 2.80. The highest BCUT2D eigenvalue weighted by Crippen LogP contribution is 1.97. The van der Waals surface area contributed by atoms with Gasteiger partial charge in [-0.15, -0.1) is 0 Å². The van der Waals surface area contributed by atoms with Crippen LogP contribution >= 0.6 is 0 Å². The molecule has 0 heterocycles. The Morgan fingerprint density at radius 1 is 0.583 bits per heavy atom. The molecule has 0 aromatic heterocycles. The summed E-state index contributed by atoms with van der Waals surface area (Å²) in [6, 6.07) is 2.05. The van der Waals surface area contributed by atoms with Gasteiger partial charge in [0, 0.05) is 70.0 Å². The van der Waals surface area contributed by atoms with Crippen molar-refractivity contribution < 1.29 is 33.0 Å². The van der Waals surface area contributed by atoms with Crippen molar-refractivity contribution in [2.24, 2.45) is 0 Å². The van der Waals surface area contributed by atoms with Gasteiger partial charge in [0.2, 0.25) is 0 Å². The fraction of sp³-hybridized carbons (Fsp3) is 1.00. The van der Waals surface area contributed by atoms with Crippen LogP contribution in [-0.4, -0.2) is 192 Å². The van der Waals surface area contributed by atoms with Crippen LogP contribution in [0.5, 0.6) is 0 Å². The summed E-state index contributed by atoms with van der Waals surface area (Å²) < 4.78 is 25.7. The van der Waals surface area contributed by atoms with Crippen LogP contribution in [0.3, 0.4) is 0 Å². The van der Waals surface area contributed by atoms with E-state index in [1.54, 1.807) is 0 Å². The van der Waals surface area contributed by atoms with Gasteiger partial charge in [0.1, 0.15) is 0 Å². The van der Waals surface area contributed by atoms with Crippen molar-refractivity contribution in [2.45, 2.75) is 106 Å². The molecule has 0 saturated heterocycles. The number of aliphatic hydroxyl groups excluding tert-OH is 4. The Balaban J connectivity index is -0.000000166. The molecule has 0 fully saturated rings. The van der Waals surface area contributed by atoms with E-state index in [2.05, 4.69) is 92.0 Å². The first-order valence-electron chi connectivity index (χ1n) is 17.9. The zero-order valence-corrected chi connectivity index (χ0v) is 34.7. The van der Waals surface area contributed by atoms with Crippen molar-refractivity contribution in [3.63, 3.8) is 0 Å². The molecular formula is C34H84N6O7S. The normalized spacial score (nSPS) is 11.5. The Morgan fingerprint density at radius 2 is 1.04 bits per heavy atom. The van der Waals surface area contributed by atoms with E-state index in [0.717, 1.165) is 64.9 Å². The summed E-state index contributed by atoms with van der Waals surface area (Å²) in [6.07, 6.45) is 3.35. The first-order chi connectivity index (χ1) is 22.3. The topological polar surface area (TPSA) is 161 Å². The molecule has 298 valence electrons. The average molecular weight is 721 g/mol. The Kier molecular flexibility index (Phi) is 48.5. The number of nitrogens with one attached hydrogen (secondary N) is 2. The number of hydrogen-bond donors (Lipinski definition) is 6. The summed E-state index contributed by atoms with van der Waals surface area (Å²) >= 11 is 0. The van der Waals surface area contributed by atoms with Gasteiger partial charge in [-0.05, 0) is 88.6 Å². The van der Waals surface area contributed by atoms with E-state index in [9.17, 15) is 8.42 Å². The molecule has 0 amide bonds. The maximum atomic E-state index is 10.5. The van der Waals surface area contributed by atoms with Gasteiger partial charge in [0.25, 0.3) is 10.1 Å². The first kappa shape index (κ1) is 56.9. The molecule has 48 heavy (non-hydrogen) atoms. The van der Waals surface area contributed by atoms with Gasteiger partial charge in [0.05, 0.1) is 39.3 Å². The number of aliphatic hydroxyl groups is 4. The van der Waals surface area contributed by atoms with Gasteiger partial charge in [-0.2, -0.15) is 8.42 Å². The van der Waals surface area contributed by atoms with Crippen LogP contribution < -0.4 is 10.6 Å². The SMILES string of the molecule is CC(C)N(C)CCO.CC(C)N(C)CCOS(C)(=O)=O.CC(C)NCCO.CCCN(CCO)CCN(C)C(C)C.CCCNCCO. The third-order valence-electron chi connectivity index (χ3n) is 6.94. The lowest BCUT2D eigenvalue weighted by Gasteiger charge is -2.26. The van der Waals surface area contributed by atoms with E-state index >= 15 is 0 Å². The van der Waals surface area contributed by atoms with Crippen LogP contribution in [-0.2, 0) is 14.3 Å². The number of likely N-dealkylation sites (N-methyl/N-ethyl adjacent to an activating group) is 3. The highest BCUT2D eigenvalue weighted by molar-refractivity contribution is 7.85. The third-order valence-corrected chi connectivity index (χ3v) is 7.54. The Morgan fingerprint density at radius 3 is 1.35 bits per heavy atom. The van der Waals surface area contributed by atoms with Gasteiger partial charge in [-0.3, -0.25) is 9.08 Å². The van der Waals surface area contributed by atoms with Crippen molar-refractivity contribution in [2.75, 3.05) is 119 Å². The second-order valence-corrected chi connectivity index (χ2v) is 14.5. The molecule has 13 nitrogen and oxygen atoms in total. The van der Waals surface area contributed by atoms with Crippen molar-refractivity contribution in [1.82, 2.24) is 30.2 Å². The Hall–Kier alpha value is -0.490. The minimum absolute atomic E-state index is 0.230. The molecule has 0 aromatic carbocycles. The van der Waals surface area contributed by atoms with E-state index in [0.29, 0.717) is 37.3 Å². The number of nitrogens with zero attached hydrogens (tertiary/aromatic N) is 4. The van der Waals surface area contributed by atoms with Crippen molar-refractivity contribution in [3.8, 4) is 0 Å². The second-order valence-electron chi connectivity index (χ2n) is 12.8. The highest BCUT2D eigenvalue weighted by atomic mass is 32.2. The molecule has 0 rings (SSSR count). The molecule has 0 unspecified atom stereocenters. The van der Waals surface area contributed by atoms with Crippen LogP contribution in [0, 0.1) is 0 Å². The first-order valence-corrected chi connectivity index (χ1v) is 19.7. The van der Waals surface area contributed by atoms with E-state index in [1.807, 2.05) is 32.8 Å². The lowest BCUT2D eigenvalue weighted by Crippen LogP contribution is -2.37. The molecule has 0 bridgehead atoms. The van der Waals surface area contributed by atoms with E-state index < -0.39 is 10.1 Å². The van der Waals surface area contributed by atoms with Gasteiger partial charge >= 0.3 is 0 Å². The lowest BCUT2D eigenvalue weighted by atomic mass is 10.3. The van der Waals surface area contributed by atoms with Crippen LogP contribution in [0.1, 0.15) is 82.1 Å². The molecule has 0 radical (unpaired) electrons. The summed E-state index contributed by atoms with van der Waals surface area (Å²) in [5.74, 6) is 0. The van der Waals surface area contributed by atoms with Gasteiger partial charge in [-0.1, -0.05) is 27.7 Å². The minimum Gasteiger partial charge on any atom is -0.395 e. The van der Waals surface area contributed by atoms with Crippen LogP contribution in [0.4, 0.5) is 0 Å². The fourth-order valence-corrected chi connectivity index (χ4v) is 3.47. The summed E-state index contributed by atoms with van der Waals surface area (Å²) in [5, 5.41) is 39.9. The zero-order valence-electron chi connectivity index (χ0n) is 33.8. The molecular weight excluding hydrogens is 636 g/mol. The molecule has 6 N–H and O–H groups in total. The lowest BCUT2D eigenvalue weighted by molar-refractivity contribution is 0.168. The van der Waals surface area contributed by atoms with Crippen LogP contribution in [0.2, 0.25) is 0 Å². The maximum absolute atomic E-state index is 10.5. The van der Waals surface area contributed by atoms with Crippen molar-refractivity contribution in [3.05, 3.63) is 0 Å². The highest BCUT2D eigenvalue weighted by Gasteiger charge is 2.07. The monoisotopic (exact) mass is 721 g/mol. The van der Waals surface area contributed by atoms with Crippen molar-refractivity contribution in [1.29, 1.82) is 0 Å². The predicted molar refractivity (Wildman–Crippen MR) is 205 cm³/mol. The number of hydrogen-bond acceptors (Lipinski definition) is 13. The zero-order chi connectivity index (χ0) is 38.6. The molecule has 14 heteroatoms. The summed E-state index contributed by atoms with van der Waals surface area (Å²) in [5.41, 5.74) is 0. The molecule has 0 aromatic rings. The number of rotatable bonds is 23. The Labute approximate surface area is 298 Å². The summed E-state index contributed by atoms with van der Waals surface area (Å²) in [4.78, 5) is 8.77. The average Bonchev–Trinajstić information content (AvgIpc) is 2.99. The quantitative estimate of drug-likeness (QED) is 0.0668. The standard InChI is InChI=1S/C11H26N2O.C7H17NO3S.C6H15NO.2C5H13NO/c1-5-6-13(9-10-14)8-7-12(4)11(2)3;1-7(2)8(3)5-6-11-12(4,9)10;1-6(2)7(3)4-5-8;1-5(2)6-3-4-7;1-2-3-6-4-5-7/h11,14H,5-10H2,1-4H3;7H,5-6H2,1-4H3;6,8H,4-5H2,1-3H3;5-7H,3-4H2,1-2H3;6-7H,2-5H2,1H3. The molecule has 0 spiro atoms. The molecule has 0 aliphatic rings. The molecule has 0 atom stereocenters. The van der Waals surface area contributed by atoms with Gasteiger partial charge < -0.3 is 45.8 Å². The molecule has 0 aliphatic heterocycles. The van der Waals surface area contributed by atoms with Gasteiger partial charge in [-0.25, -0.2) is 0 Å². The minimum atomic E-state index is -3.27. The largest absolute Gasteiger partial charge is 0.395 e. The van der Waals surface area contributed by atoms with E-state index in [-0.39, 0.29) is 33.0 Å². The summed E-state index contributed by atoms with van der Waals surface area (Å²) in [6.45, 7) is 30.2.